The van der Waals surface area contributed by atoms with Crippen molar-refractivity contribution in [3.05, 3.63) is 108 Å². The zero-order valence-electron chi connectivity index (χ0n) is 20.7. The Kier molecular flexibility index (Phi) is 7.38. The molecule has 0 N–H and O–H groups in total. The van der Waals surface area contributed by atoms with Gasteiger partial charge >= 0.3 is 5.97 Å². The summed E-state index contributed by atoms with van der Waals surface area (Å²) in [5, 5.41) is 0. The second kappa shape index (κ2) is 11.0. The first kappa shape index (κ1) is 24.1. The molecule has 5 atom stereocenters. The lowest BCUT2D eigenvalue weighted by Gasteiger charge is -2.31. The van der Waals surface area contributed by atoms with Crippen molar-refractivity contribution in [1.29, 1.82) is 0 Å². The van der Waals surface area contributed by atoms with E-state index in [4.69, 9.17) is 18.9 Å². The zero-order chi connectivity index (χ0) is 24.9. The van der Waals surface area contributed by atoms with Crippen LogP contribution in [-0.4, -0.2) is 20.2 Å². The second-order valence-corrected chi connectivity index (χ2v) is 9.45. The molecule has 0 radical (unpaired) electrons. The molecule has 3 aromatic carbocycles. The number of methoxy groups -OCH3 is 2. The molecule has 2 aliphatic rings. The van der Waals surface area contributed by atoms with Crippen molar-refractivity contribution in [2.75, 3.05) is 14.2 Å². The molecular formula is C31H32O5. The van der Waals surface area contributed by atoms with Gasteiger partial charge in [0.25, 0.3) is 0 Å². The van der Waals surface area contributed by atoms with Gasteiger partial charge in [-0.15, -0.1) is 0 Å². The first-order valence-electron chi connectivity index (χ1n) is 12.5. The minimum Gasteiger partial charge on any atom is -0.496 e. The van der Waals surface area contributed by atoms with E-state index in [0.717, 1.165) is 29.5 Å². The van der Waals surface area contributed by atoms with E-state index in [1.807, 2.05) is 78.9 Å². The summed E-state index contributed by atoms with van der Waals surface area (Å²) in [7, 11) is 3.26. The Morgan fingerprint density at radius 3 is 1.97 bits per heavy atom. The van der Waals surface area contributed by atoms with Crippen molar-refractivity contribution in [3.8, 4) is 11.5 Å². The maximum Gasteiger partial charge on any atom is 0.310 e. The van der Waals surface area contributed by atoms with Gasteiger partial charge in [0.1, 0.15) is 17.6 Å². The summed E-state index contributed by atoms with van der Waals surface area (Å²) in [4.78, 5) is 13.6. The molecule has 2 bridgehead atoms. The van der Waals surface area contributed by atoms with E-state index in [9.17, 15) is 4.79 Å². The average molecular weight is 485 g/mol. The van der Waals surface area contributed by atoms with Crippen LogP contribution in [0.5, 0.6) is 11.5 Å². The maximum atomic E-state index is 13.6. The molecule has 5 rings (SSSR count). The van der Waals surface area contributed by atoms with Gasteiger partial charge in [0.15, 0.2) is 6.10 Å². The van der Waals surface area contributed by atoms with Crippen molar-refractivity contribution < 1.29 is 23.7 Å². The predicted molar refractivity (Wildman–Crippen MR) is 138 cm³/mol. The Hall–Kier alpha value is -3.57. The normalized spacial score (nSPS) is 21.7. The van der Waals surface area contributed by atoms with Gasteiger partial charge in [0.2, 0.25) is 0 Å². The molecule has 36 heavy (non-hydrogen) atoms. The van der Waals surface area contributed by atoms with Crippen LogP contribution in [0, 0.1) is 17.8 Å². The fraction of sp³-hybridized carbons (Fsp3) is 0.323. The number of carbonyl (C=O) groups excluding carboxylic acids is 1. The summed E-state index contributed by atoms with van der Waals surface area (Å²) in [5.41, 5.74) is 2.60. The maximum absolute atomic E-state index is 13.6. The Bertz CT molecular complexity index is 1200. The number of ether oxygens (including phenoxy) is 4. The lowest BCUT2D eigenvalue weighted by atomic mass is 9.92. The summed E-state index contributed by atoms with van der Waals surface area (Å²) >= 11 is 0. The van der Waals surface area contributed by atoms with Gasteiger partial charge < -0.3 is 18.9 Å². The number of hydrogen-bond donors (Lipinski definition) is 0. The monoisotopic (exact) mass is 484 g/mol. The van der Waals surface area contributed by atoms with E-state index in [2.05, 4.69) is 12.2 Å². The number of benzene rings is 3. The van der Waals surface area contributed by atoms with E-state index in [0.29, 0.717) is 24.0 Å². The molecule has 1 saturated carbocycles. The Morgan fingerprint density at radius 2 is 1.39 bits per heavy atom. The third-order valence-corrected chi connectivity index (χ3v) is 7.26. The molecule has 0 aliphatic heterocycles. The van der Waals surface area contributed by atoms with E-state index >= 15 is 0 Å². The number of para-hydroxylation sites is 2. The van der Waals surface area contributed by atoms with Crippen LogP contribution in [0.3, 0.4) is 0 Å². The van der Waals surface area contributed by atoms with Crippen LogP contribution in [0.4, 0.5) is 0 Å². The molecule has 5 nitrogen and oxygen atoms in total. The average Bonchev–Trinajstić information content (AvgIpc) is 3.57. The predicted octanol–water partition coefficient (Wildman–Crippen LogP) is 6.46. The summed E-state index contributed by atoms with van der Waals surface area (Å²) < 4.78 is 24.4. The van der Waals surface area contributed by atoms with Crippen LogP contribution < -0.4 is 9.47 Å². The van der Waals surface area contributed by atoms with Gasteiger partial charge in [0, 0.05) is 11.1 Å². The first-order chi connectivity index (χ1) is 17.7. The third kappa shape index (κ3) is 5.02. The Morgan fingerprint density at radius 1 is 0.778 bits per heavy atom. The van der Waals surface area contributed by atoms with Gasteiger partial charge in [-0.05, 0) is 42.4 Å². The number of hydrogen-bond acceptors (Lipinski definition) is 5. The van der Waals surface area contributed by atoms with Crippen LogP contribution in [0.25, 0.3) is 0 Å². The van der Waals surface area contributed by atoms with E-state index in [1.165, 1.54) is 0 Å². The summed E-state index contributed by atoms with van der Waals surface area (Å²) in [6, 6.07) is 25.4. The standard InChI is InChI=1S/C31H32O5/c1-33-27-14-8-6-12-24(27)29(35-20-21-10-4-3-5-11-21)30(25-13-7-9-15-28(25)34-2)36-31(32)26-19-22-16-17-23(26)18-22/h3-17,22-23,26,29-30H,18-20H2,1-2H3/t22?,23?,26?,29-,30+/m0/s1. The zero-order valence-corrected chi connectivity index (χ0v) is 20.7. The molecule has 0 aromatic heterocycles. The molecule has 2 aliphatic carbocycles. The quantitative estimate of drug-likeness (QED) is 0.244. The smallest absolute Gasteiger partial charge is 0.310 e. The summed E-state index contributed by atoms with van der Waals surface area (Å²) in [5.74, 6) is 1.71. The molecule has 186 valence electrons. The molecule has 5 heteroatoms. The van der Waals surface area contributed by atoms with Crippen molar-refractivity contribution in [3.63, 3.8) is 0 Å². The minimum absolute atomic E-state index is 0.135. The highest BCUT2D eigenvalue weighted by atomic mass is 16.6. The summed E-state index contributed by atoms with van der Waals surface area (Å²) in [6.45, 7) is 0.351. The van der Waals surface area contributed by atoms with Crippen LogP contribution in [0.2, 0.25) is 0 Å². The van der Waals surface area contributed by atoms with E-state index in [-0.39, 0.29) is 17.8 Å². The van der Waals surface area contributed by atoms with Gasteiger partial charge in [-0.3, -0.25) is 4.79 Å². The Labute approximate surface area is 212 Å². The fourth-order valence-electron chi connectivity index (χ4n) is 5.46. The lowest BCUT2D eigenvalue weighted by Crippen LogP contribution is -2.27. The lowest BCUT2D eigenvalue weighted by molar-refractivity contribution is -0.166. The van der Waals surface area contributed by atoms with Crippen molar-refractivity contribution in [2.45, 2.75) is 31.7 Å². The highest BCUT2D eigenvalue weighted by molar-refractivity contribution is 5.74. The Balaban J connectivity index is 1.54. The summed E-state index contributed by atoms with van der Waals surface area (Å²) in [6.07, 6.45) is 4.92. The topological polar surface area (TPSA) is 54.0 Å². The highest BCUT2D eigenvalue weighted by Gasteiger charge is 2.43. The second-order valence-electron chi connectivity index (χ2n) is 9.45. The molecular weight excluding hydrogens is 452 g/mol. The third-order valence-electron chi connectivity index (χ3n) is 7.26. The molecule has 0 amide bonds. The van der Waals surface area contributed by atoms with Gasteiger partial charge in [-0.2, -0.15) is 0 Å². The van der Waals surface area contributed by atoms with Gasteiger partial charge in [-0.25, -0.2) is 0 Å². The largest absolute Gasteiger partial charge is 0.496 e. The van der Waals surface area contributed by atoms with Crippen LogP contribution >= 0.6 is 0 Å². The number of rotatable bonds is 10. The van der Waals surface area contributed by atoms with Crippen molar-refractivity contribution >= 4 is 5.97 Å². The van der Waals surface area contributed by atoms with E-state index < -0.39 is 12.2 Å². The van der Waals surface area contributed by atoms with Crippen molar-refractivity contribution in [2.24, 2.45) is 17.8 Å². The molecule has 0 heterocycles. The number of fused-ring (bicyclic) bond motifs is 2. The molecule has 3 aromatic rings. The van der Waals surface area contributed by atoms with Crippen molar-refractivity contribution in [1.82, 2.24) is 0 Å². The molecule has 0 spiro atoms. The van der Waals surface area contributed by atoms with Gasteiger partial charge in [-0.1, -0.05) is 78.9 Å². The number of esters is 1. The molecule has 0 saturated heterocycles. The highest BCUT2D eigenvalue weighted by Crippen LogP contribution is 2.47. The van der Waals surface area contributed by atoms with Crippen LogP contribution in [0.15, 0.2) is 91.0 Å². The number of allylic oxidation sites excluding steroid dienone is 2. The minimum atomic E-state index is -0.725. The first-order valence-corrected chi connectivity index (χ1v) is 12.5. The van der Waals surface area contributed by atoms with E-state index in [1.54, 1.807) is 14.2 Å². The fourth-order valence-corrected chi connectivity index (χ4v) is 5.46. The SMILES string of the molecule is COc1ccccc1[C@@H](OC(=O)C1CC2C=CC1C2)[C@@H](OCc1ccccc1)c1ccccc1OC. The molecule has 1 fully saturated rings. The van der Waals surface area contributed by atoms with Crippen LogP contribution in [0.1, 0.15) is 41.7 Å². The number of carbonyl (C=O) groups is 1. The van der Waals surface area contributed by atoms with Gasteiger partial charge in [0.05, 0.1) is 26.7 Å². The molecule has 3 unspecified atom stereocenters. The van der Waals surface area contributed by atoms with Crippen LogP contribution in [-0.2, 0) is 20.9 Å².